The van der Waals surface area contributed by atoms with Crippen molar-refractivity contribution in [2.24, 2.45) is 17.6 Å². The van der Waals surface area contributed by atoms with Gasteiger partial charge in [-0.15, -0.1) is 0 Å². The van der Waals surface area contributed by atoms with Gasteiger partial charge in [0.05, 0.1) is 6.61 Å². The molecule has 0 rings (SSSR count). The Balaban J connectivity index is 3.94. The third kappa shape index (κ3) is 4.94. The first-order valence-corrected chi connectivity index (χ1v) is 5.42. The molecule has 3 nitrogen and oxygen atoms in total. The van der Waals surface area contributed by atoms with Crippen molar-refractivity contribution in [2.45, 2.75) is 26.8 Å². The van der Waals surface area contributed by atoms with Crippen LogP contribution in [0.2, 0.25) is 0 Å². The maximum absolute atomic E-state index is 5.74. The van der Waals surface area contributed by atoms with Gasteiger partial charge in [0.2, 0.25) is 0 Å². The lowest BCUT2D eigenvalue weighted by Gasteiger charge is -2.29. The SMILES string of the molecule is COCC(C)N(C)CC(CN)C(C)C. The van der Waals surface area contributed by atoms with E-state index in [1.807, 2.05) is 0 Å². The van der Waals surface area contributed by atoms with Crippen LogP contribution < -0.4 is 5.73 Å². The van der Waals surface area contributed by atoms with E-state index in [4.69, 9.17) is 10.5 Å². The molecule has 0 heterocycles. The predicted octanol–water partition coefficient (Wildman–Crippen LogP) is 1.18. The lowest BCUT2D eigenvalue weighted by Crippen LogP contribution is -2.39. The molecular formula is C11H26N2O. The van der Waals surface area contributed by atoms with E-state index in [9.17, 15) is 0 Å². The molecule has 0 aromatic heterocycles. The van der Waals surface area contributed by atoms with Crippen LogP contribution in [-0.4, -0.2) is 44.8 Å². The number of nitrogens with two attached hydrogens (primary N) is 1. The molecule has 2 N–H and O–H groups in total. The van der Waals surface area contributed by atoms with Crippen molar-refractivity contribution in [3.05, 3.63) is 0 Å². The summed E-state index contributed by atoms with van der Waals surface area (Å²) in [7, 11) is 3.88. The highest BCUT2D eigenvalue weighted by molar-refractivity contribution is 4.71. The van der Waals surface area contributed by atoms with E-state index in [1.54, 1.807) is 7.11 Å². The molecule has 3 heteroatoms. The van der Waals surface area contributed by atoms with E-state index in [2.05, 4.69) is 32.7 Å². The Bertz CT molecular complexity index is 139. The summed E-state index contributed by atoms with van der Waals surface area (Å²) in [6, 6.07) is 0.466. The molecule has 0 saturated heterocycles. The lowest BCUT2D eigenvalue weighted by atomic mass is 9.95. The molecule has 0 saturated carbocycles. The van der Waals surface area contributed by atoms with Crippen LogP contribution in [-0.2, 0) is 4.74 Å². The largest absolute Gasteiger partial charge is 0.383 e. The number of hydrogen-bond acceptors (Lipinski definition) is 3. The summed E-state index contributed by atoms with van der Waals surface area (Å²) >= 11 is 0. The van der Waals surface area contributed by atoms with Crippen molar-refractivity contribution in [3.8, 4) is 0 Å². The van der Waals surface area contributed by atoms with Crippen LogP contribution in [0, 0.1) is 11.8 Å². The molecule has 86 valence electrons. The molecule has 14 heavy (non-hydrogen) atoms. The highest BCUT2D eigenvalue weighted by Crippen LogP contribution is 2.11. The zero-order chi connectivity index (χ0) is 11.1. The summed E-state index contributed by atoms with van der Waals surface area (Å²) in [5, 5.41) is 0. The molecule has 0 spiro atoms. The Hall–Kier alpha value is -0.120. The summed E-state index contributed by atoms with van der Waals surface area (Å²) in [6.07, 6.45) is 0. The zero-order valence-electron chi connectivity index (χ0n) is 10.3. The average Bonchev–Trinajstić information content (AvgIpc) is 2.13. The van der Waals surface area contributed by atoms with Crippen LogP contribution in [0.3, 0.4) is 0 Å². The van der Waals surface area contributed by atoms with Crippen LogP contribution in [0.1, 0.15) is 20.8 Å². The summed E-state index contributed by atoms with van der Waals surface area (Å²) < 4.78 is 5.13. The molecule has 0 aromatic carbocycles. The molecule has 0 fully saturated rings. The summed E-state index contributed by atoms with van der Waals surface area (Å²) in [6.45, 7) is 9.24. The zero-order valence-corrected chi connectivity index (χ0v) is 10.3. The Morgan fingerprint density at radius 2 is 1.86 bits per heavy atom. The van der Waals surface area contributed by atoms with Gasteiger partial charge in [-0.05, 0) is 32.4 Å². The quantitative estimate of drug-likeness (QED) is 0.674. The molecular weight excluding hydrogens is 176 g/mol. The van der Waals surface area contributed by atoms with Gasteiger partial charge in [-0.1, -0.05) is 13.8 Å². The van der Waals surface area contributed by atoms with Gasteiger partial charge in [0.25, 0.3) is 0 Å². The first-order chi connectivity index (χ1) is 6.52. The Kier molecular flexibility index (Phi) is 7.15. The van der Waals surface area contributed by atoms with Crippen molar-refractivity contribution in [1.82, 2.24) is 4.90 Å². The maximum atomic E-state index is 5.74. The van der Waals surface area contributed by atoms with E-state index in [-0.39, 0.29) is 0 Å². The van der Waals surface area contributed by atoms with Crippen molar-refractivity contribution in [3.63, 3.8) is 0 Å². The number of nitrogens with zero attached hydrogens (tertiary/aromatic N) is 1. The molecule has 0 aromatic rings. The minimum Gasteiger partial charge on any atom is -0.383 e. The Morgan fingerprint density at radius 3 is 2.21 bits per heavy atom. The highest BCUT2D eigenvalue weighted by Gasteiger charge is 2.17. The van der Waals surface area contributed by atoms with Gasteiger partial charge in [-0.3, -0.25) is 0 Å². The second-order valence-corrected chi connectivity index (χ2v) is 4.48. The van der Waals surface area contributed by atoms with E-state index in [0.29, 0.717) is 17.9 Å². The van der Waals surface area contributed by atoms with E-state index in [0.717, 1.165) is 19.7 Å². The fraction of sp³-hybridized carbons (Fsp3) is 1.00. The van der Waals surface area contributed by atoms with Crippen molar-refractivity contribution >= 4 is 0 Å². The third-order valence-corrected chi connectivity index (χ3v) is 2.93. The van der Waals surface area contributed by atoms with Crippen molar-refractivity contribution in [1.29, 1.82) is 0 Å². The van der Waals surface area contributed by atoms with E-state index in [1.165, 1.54) is 0 Å². The van der Waals surface area contributed by atoms with Crippen LogP contribution in [0.5, 0.6) is 0 Å². The standard InChI is InChI=1S/C11H26N2O/c1-9(2)11(6-12)7-13(4)10(3)8-14-5/h9-11H,6-8,12H2,1-5H3. The number of ether oxygens (including phenoxy) is 1. The van der Waals surface area contributed by atoms with Gasteiger partial charge >= 0.3 is 0 Å². The van der Waals surface area contributed by atoms with Crippen LogP contribution in [0.25, 0.3) is 0 Å². The van der Waals surface area contributed by atoms with Crippen LogP contribution >= 0.6 is 0 Å². The maximum Gasteiger partial charge on any atom is 0.0615 e. The topological polar surface area (TPSA) is 38.5 Å². The Labute approximate surface area is 88.6 Å². The number of rotatable bonds is 7. The minimum absolute atomic E-state index is 0.466. The summed E-state index contributed by atoms with van der Waals surface area (Å²) in [4.78, 5) is 2.32. The fourth-order valence-corrected chi connectivity index (χ4v) is 1.48. The van der Waals surface area contributed by atoms with Crippen molar-refractivity contribution < 1.29 is 4.74 Å². The van der Waals surface area contributed by atoms with E-state index >= 15 is 0 Å². The first-order valence-electron chi connectivity index (χ1n) is 5.42. The molecule has 0 amide bonds. The van der Waals surface area contributed by atoms with E-state index < -0.39 is 0 Å². The molecule has 0 aliphatic carbocycles. The van der Waals surface area contributed by atoms with Gasteiger partial charge in [0.1, 0.15) is 0 Å². The number of methoxy groups -OCH3 is 1. The fourth-order valence-electron chi connectivity index (χ4n) is 1.48. The van der Waals surface area contributed by atoms with Gasteiger partial charge in [0, 0.05) is 19.7 Å². The van der Waals surface area contributed by atoms with Crippen molar-refractivity contribution in [2.75, 3.05) is 33.9 Å². The van der Waals surface area contributed by atoms with Gasteiger partial charge in [-0.2, -0.15) is 0 Å². The third-order valence-electron chi connectivity index (χ3n) is 2.93. The molecule has 0 aliphatic rings. The second-order valence-electron chi connectivity index (χ2n) is 4.48. The molecule has 2 atom stereocenters. The number of likely N-dealkylation sites (N-methyl/N-ethyl adjacent to an activating group) is 1. The normalized spacial score (nSPS) is 16.3. The van der Waals surface area contributed by atoms with Gasteiger partial charge in [-0.25, -0.2) is 0 Å². The van der Waals surface area contributed by atoms with Gasteiger partial charge < -0.3 is 15.4 Å². The lowest BCUT2D eigenvalue weighted by molar-refractivity contribution is 0.100. The number of hydrogen-bond donors (Lipinski definition) is 1. The van der Waals surface area contributed by atoms with Crippen LogP contribution in [0.4, 0.5) is 0 Å². The Morgan fingerprint density at radius 1 is 1.29 bits per heavy atom. The smallest absolute Gasteiger partial charge is 0.0615 e. The second kappa shape index (κ2) is 7.21. The molecule has 2 unspecified atom stereocenters. The monoisotopic (exact) mass is 202 g/mol. The van der Waals surface area contributed by atoms with Crippen LogP contribution in [0.15, 0.2) is 0 Å². The minimum atomic E-state index is 0.466. The first kappa shape index (κ1) is 13.9. The van der Waals surface area contributed by atoms with Gasteiger partial charge in [0.15, 0.2) is 0 Å². The summed E-state index contributed by atoms with van der Waals surface area (Å²) in [5.41, 5.74) is 5.74. The average molecular weight is 202 g/mol. The predicted molar refractivity (Wildman–Crippen MR) is 61.4 cm³/mol. The highest BCUT2D eigenvalue weighted by atomic mass is 16.5. The molecule has 0 bridgehead atoms. The molecule has 0 aliphatic heterocycles. The summed E-state index contributed by atoms with van der Waals surface area (Å²) in [5.74, 6) is 1.23. The molecule has 0 radical (unpaired) electrons.